The largest absolute Gasteiger partial charge is 0.481 e. The SMILES string of the molecule is CCCC(C#N)(C(=O)O)C(CC)C(=O)O. The molecule has 0 bridgehead atoms. The molecule has 0 saturated carbocycles. The Kier molecular flexibility index (Phi) is 4.79. The zero-order valence-electron chi connectivity index (χ0n) is 8.86. The summed E-state index contributed by atoms with van der Waals surface area (Å²) in [7, 11) is 0. The van der Waals surface area contributed by atoms with E-state index in [0.717, 1.165) is 0 Å². The minimum atomic E-state index is -1.80. The number of rotatable bonds is 6. The van der Waals surface area contributed by atoms with Gasteiger partial charge in [-0.1, -0.05) is 20.3 Å². The molecule has 2 unspecified atom stereocenters. The average Bonchev–Trinajstić information content (AvgIpc) is 2.16. The maximum Gasteiger partial charge on any atom is 0.324 e. The number of hydrogen-bond donors (Lipinski definition) is 2. The Labute approximate surface area is 88.3 Å². The molecule has 0 fully saturated rings. The number of nitriles is 1. The first-order valence-electron chi connectivity index (χ1n) is 4.83. The zero-order chi connectivity index (χ0) is 12.1. The maximum absolute atomic E-state index is 11.1. The molecule has 15 heavy (non-hydrogen) atoms. The fourth-order valence-corrected chi connectivity index (χ4v) is 1.74. The van der Waals surface area contributed by atoms with Gasteiger partial charge in [-0.15, -0.1) is 0 Å². The highest BCUT2D eigenvalue weighted by molar-refractivity contribution is 5.86. The predicted molar refractivity (Wildman–Crippen MR) is 52.0 cm³/mol. The monoisotopic (exact) mass is 213 g/mol. The number of aliphatic carboxylic acids is 2. The number of carboxylic acids is 2. The van der Waals surface area contributed by atoms with E-state index in [9.17, 15) is 9.59 Å². The van der Waals surface area contributed by atoms with Crippen LogP contribution >= 0.6 is 0 Å². The van der Waals surface area contributed by atoms with E-state index in [2.05, 4.69) is 0 Å². The summed E-state index contributed by atoms with van der Waals surface area (Å²) < 4.78 is 0. The second-order valence-corrected chi connectivity index (χ2v) is 3.44. The van der Waals surface area contributed by atoms with E-state index in [1.165, 1.54) is 0 Å². The third-order valence-corrected chi connectivity index (χ3v) is 2.53. The van der Waals surface area contributed by atoms with Gasteiger partial charge in [0.1, 0.15) is 0 Å². The van der Waals surface area contributed by atoms with Gasteiger partial charge in [0, 0.05) is 0 Å². The third kappa shape index (κ3) is 2.46. The molecule has 0 aliphatic rings. The summed E-state index contributed by atoms with van der Waals surface area (Å²) in [4.78, 5) is 22.0. The van der Waals surface area contributed by atoms with Crippen molar-refractivity contribution >= 4 is 11.9 Å². The first-order valence-corrected chi connectivity index (χ1v) is 4.83. The van der Waals surface area contributed by atoms with Gasteiger partial charge in [-0.05, 0) is 12.8 Å². The first kappa shape index (κ1) is 13.4. The topological polar surface area (TPSA) is 98.4 Å². The van der Waals surface area contributed by atoms with Crippen LogP contribution in [0.3, 0.4) is 0 Å². The van der Waals surface area contributed by atoms with Gasteiger partial charge in [-0.25, -0.2) is 0 Å². The van der Waals surface area contributed by atoms with Crippen LogP contribution in [-0.4, -0.2) is 22.2 Å². The molecule has 5 heteroatoms. The van der Waals surface area contributed by atoms with Crippen LogP contribution in [0.15, 0.2) is 0 Å². The third-order valence-electron chi connectivity index (χ3n) is 2.53. The molecular formula is C10H15NO4. The second kappa shape index (κ2) is 5.35. The first-order chi connectivity index (χ1) is 6.96. The van der Waals surface area contributed by atoms with Crippen molar-refractivity contribution in [2.45, 2.75) is 33.1 Å². The molecule has 0 rings (SSSR count). The summed E-state index contributed by atoms with van der Waals surface area (Å²) >= 11 is 0. The molecule has 0 saturated heterocycles. The van der Waals surface area contributed by atoms with Gasteiger partial charge in [0.2, 0.25) is 0 Å². The van der Waals surface area contributed by atoms with Crippen LogP contribution in [0.25, 0.3) is 0 Å². The Morgan fingerprint density at radius 1 is 1.40 bits per heavy atom. The van der Waals surface area contributed by atoms with Crippen molar-refractivity contribution in [2.75, 3.05) is 0 Å². The molecule has 0 aromatic heterocycles. The van der Waals surface area contributed by atoms with Gasteiger partial charge < -0.3 is 10.2 Å². The molecule has 0 heterocycles. The molecule has 0 aromatic carbocycles. The lowest BCUT2D eigenvalue weighted by Gasteiger charge is -2.27. The molecule has 0 radical (unpaired) electrons. The van der Waals surface area contributed by atoms with E-state index >= 15 is 0 Å². The molecule has 0 aromatic rings. The quantitative estimate of drug-likeness (QED) is 0.696. The van der Waals surface area contributed by atoms with Crippen molar-refractivity contribution in [1.82, 2.24) is 0 Å². The Hall–Kier alpha value is -1.57. The Bertz CT molecular complexity index is 294. The summed E-state index contributed by atoms with van der Waals surface area (Å²) in [6.07, 6.45) is 0.655. The highest BCUT2D eigenvalue weighted by Gasteiger charge is 2.48. The highest BCUT2D eigenvalue weighted by Crippen LogP contribution is 2.35. The molecule has 0 spiro atoms. The van der Waals surface area contributed by atoms with Crippen LogP contribution in [0.2, 0.25) is 0 Å². The molecule has 0 aliphatic heterocycles. The fraction of sp³-hybridized carbons (Fsp3) is 0.700. The van der Waals surface area contributed by atoms with Crippen molar-refractivity contribution < 1.29 is 19.8 Å². The molecule has 0 aliphatic carbocycles. The van der Waals surface area contributed by atoms with Crippen LogP contribution in [-0.2, 0) is 9.59 Å². The Balaban J connectivity index is 5.32. The van der Waals surface area contributed by atoms with E-state index in [1.54, 1.807) is 19.9 Å². The van der Waals surface area contributed by atoms with Crippen LogP contribution in [0.5, 0.6) is 0 Å². The summed E-state index contributed by atoms with van der Waals surface area (Å²) in [5.74, 6) is -3.73. The van der Waals surface area contributed by atoms with Crippen molar-refractivity contribution in [1.29, 1.82) is 5.26 Å². The van der Waals surface area contributed by atoms with Gasteiger partial charge in [-0.3, -0.25) is 9.59 Å². The fourth-order valence-electron chi connectivity index (χ4n) is 1.74. The second-order valence-electron chi connectivity index (χ2n) is 3.44. The van der Waals surface area contributed by atoms with Crippen LogP contribution in [0.4, 0.5) is 0 Å². The lowest BCUT2D eigenvalue weighted by molar-refractivity contribution is -0.159. The van der Waals surface area contributed by atoms with Gasteiger partial charge >= 0.3 is 11.9 Å². The lowest BCUT2D eigenvalue weighted by Crippen LogP contribution is -2.41. The van der Waals surface area contributed by atoms with Gasteiger partial charge in [-0.2, -0.15) is 5.26 Å². The van der Waals surface area contributed by atoms with E-state index in [-0.39, 0.29) is 12.8 Å². The van der Waals surface area contributed by atoms with Crippen LogP contribution < -0.4 is 0 Å². The van der Waals surface area contributed by atoms with Crippen molar-refractivity contribution in [3.63, 3.8) is 0 Å². The number of carboxylic acid groups (broad SMARTS) is 2. The standard InChI is InChI=1S/C10H15NO4/c1-3-5-10(6-11,9(14)15)7(4-2)8(12)13/h7H,3-5H2,1-2H3,(H,12,13)(H,14,15). The predicted octanol–water partition coefficient (Wildman–Crippen LogP) is 1.49. The number of nitrogens with zero attached hydrogens (tertiary/aromatic N) is 1. The van der Waals surface area contributed by atoms with Crippen molar-refractivity contribution in [2.24, 2.45) is 11.3 Å². The summed E-state index contributed by atoms with van der Waals surface area (Å²) in [5.41, 5.74) is -1.80. The number of carbonyl (C=O) groups is 2. The van der Waals surface area contributed by atoms with Crippen molar-refractivity contribution in [3.8, 4) is 6.07 Å². The van der Waals surface area contributed by atoms with Crippen molar-refractivity contribution in [3.05, 3.63) is 0 Å². The summed E-state index contributed by atoms with van der Waals surface area (Å²) in [6, 6.07) is 1.67. The molecule has 2 N–H and O–H groups in total. The smallest absolute Gasteiger partial charge is 0.324 e. The Morgan fingerprint density at radius 2 is 1.93 bits per heavy atom. The van der Waals surface area contributed by atoms with E-state index in [1.807, 2.05) is 0 Å². The summed E-state index contributed by atoms with van der Waals surface area (Å²) in [5, 5.41) is 26.9. The Morgan fingerprint density at radius 3 is 2.13 bits per heavy atom. The number of hydrogen-bond acceptors (Lipinski definition) is 3. The van der Waals surface area contributed by atoms with Crippen LogP contribution in [0, 0.1) is 22.7 Å². The molecule has 0 amide bonds. The molecule has 2 atom stereocenters. The summed E-state index contributed by atoms with van der Waals surface area (Å²) in [6.45, 7) is 3.30. The molecule has 84 valence electrons. The minimum Gasteiger partial charge on any atom is -0.481 e. The average molecular weight is 213 g/mol. The maximum atomic E-state index is 11.1. The molecule has 5 nitrogen and oxygen atoms in total. The van der Waals surface area contributed by atoms with Gasteiger partial charge in [0.15, 0.2) is 5.41 Å². The van der Waals surface area contributed by atoms with E-state index < -0.39 is 23.3 Å². The van der Waals surface area contributed by atoms with E-state index in [4.69, 9.17) is 15.5 Å². The van der Waals surface area contributed by atoms with Gasteiger partial charge in [0.05, 0.1) is 12.0 Å². The van der Waals surface area contributed by atoms with Crippen LogP contribution in [0.1, 0.15) is 33.1 Å². The normalized spacial score (nSPS) is 16.1. The zero-order valence-corrected chi connectivity index (χ0v) is 8.86. The minimum absolute atomic E-state index is 0.0592. The molecular weight excluding hydrogens is 198 g/mol. The lowest BCUT2D eigenvalue weighted by atomic mass is 9.72. The van der Waals surface area contributed by atoms with E-state index in [0.29, 0.717) is 6.42 Å². The van der Waals surface area contributed by atoms with Gasteiger partial charge in [0.25, 0.3) is 0 Å². The highest BCUT2D eigenvalue weighted by atomic mass is 16.4.